The van der Waals surface area contributed by atoms with Gasteiger partial charge in [0.25, 0.3) is 0 Å². The molecule has 1 aromatic carbocycles. The van der Waals surface area contributed by atoms with Gasteiger partial charge in [0.15, 0.2) is 0 Å². The Bertz CT molecular complexity index is 436. The summed E-state index contributed by atoms with van der Waals surface area (Å²) in [5.41, 5.74) is 1.01. The van der Waals surface area contributed by atoms with E-state index in [0.717, 1.165) is 31.7 Å². The maximum absolute atomic E-state index is 12.1. The van der Waals surface area contributed by atoms with E-state index >= 15 is 0 Å². The van der Waals surface area contributed by atoms with Crippen LogP contribution in [0.3, 0.4) is 0 Å². The van der Waals surface area contributed by atoms with E-state index in [-0.39, 0.29) is 24.1 Å². The van der Waals surface area contributed by atoms with Crippen LogP contribution in [0.1, 0.15) is 5.56 Å². The monoisotopic (exact) mass is 299 g/mol. The lowest BCUT2D eigenvalue weighted by molar-refractivity contribution is -0.132. The molecule has 0 aliphatic carbocycles. The molecule has 0 aromatic heterocycles. The molecular weight excluding hydrogens is 278 g/mol. The van der Waals surface area contributed by atoms with Crippen molar-refractivity contribution in [1.82, 2.24) is 15.1 Å². The molecule has 2 N–H and O–H groups in total. The number of hydrogen-bond donors (Lipinski definition) is 2. The van der Waals surface area contributed by atoms with Gasteiger partial charge in [0.05, 0.1) is 6.54 Å². The molecule has 0 spiro atoms. The summed E-state index contributed by atoms with van der Waals surface area (Å²) < 4.78 is 0. The maximum atomic E-state index is 12.1. The first kappa shape index (κ1) is 16.8. The summed E-state index contributed by atoms with van der Waals surface area (Å²) in [4.78, 5) is 15.9. The number of carbonyl (C=O) groups is 1. The van der Waals surface area contributed by atoms with E-state index in [9.17, 15) is 9.90 Å². The van der Waals surface area contributed by atoms with E-state index in [0.29, 0.717) is 13.1 Å². The molecular formula is C14H22ClN3O2. The Morgan fingerprint density at radius 2 is 2.10 bits per heavy atom. The summed E-state index contributed by atoms with van der Waals surface area (Å²) in [5.74, 6) is 0.434. The van der Waals surface area contributed by atoms with Crippen molar-refractivity contribution in [3.8, 4) is 5.75 Å². The second kappa shape index (κ2) is 8.09. The molecule has 0 radical (unpaired) electrons. The molecule has 0 atom stereocenters. The van der Waals surface area contributed by atoms with Crippen molar-refractivity contribution in [3.05, 3.63) is 29.8 Å². The van der Waals surface area contributed by atoms with Crippen LogP contribution in [-0.4, -0.2) is 60.6 Å². The van der Waals surface area contributed by atoms with Crippen molar-refractivity contribution < 1.29 is 9.90 Å². The number of nitrogens with one attached hydrogen (secondary N) is 1. The van der Waals surface area contributed by atoms with Crippen molar-refractivity contribution >= 4 is 18.3 Å². The van der Waals surface area contributed by atoms with Crippen molar-refractivity contribution in [2.24, 2.45) is 0 Å². The minimum atomic E-state index is 0. The average Bonchev–Trinajstić information content (AvgIpc) is 2.39. The number of carbonyl (C=O) groups excluding carboxylic acids is 1. The predicted molar refractivity (Wildman–Crippen MR) is 81.1 cm³/mol. The Labute approximate surface area is 126 Å². The standard InChI is InChI=1S/C14H21N3O2.ClH/c1-16(10-12-3-2-4-13(18)9-12)11-14(19)17-7-5-15-6-8-17;/h2-4,9,15,18H,5-8,10-11H2,1H3;1H. The summed E-state index contributed by atoms with van der Waals surface area (Å²) in [6, 6.07) is 7.14. The van der Waals surface area contributed by atoms with Gasteiger partial charge < -0.3 is 15.3 Å². The van der Waals surface area contributed by atoms with Crippen molar-refractivity contribution in [2.75, 3.05) is 39.8 Å². The number of amides is 1. The molecule has 1 heterocycles. The molecule has 1 aromatic rings. The van der Waals surface area contributed by atoms with Gasteiger partial charge in [-0.15, -0.1) is 12.4 Å². The van der Waals surface area contributed by atoms with Crippen LogP contribution in [0.2, 0.25) is 0 Å². The maximum Gasteiger partial charge on any atom is 0.236 e. The number of hydrogen-bond acceptors (Lipinski definition) is 4. The third kappa shape index (κ3) is 5.00. The van der Waals surface area contributed by atoms with E-state index in [1.165, 1.54) is 0 Å². The minimum Gasteiger partial charge on any atom is -0.508 e. The first-order valence-electron chi connectivity index (χ1n) is 6.60. The average molecular weight is 300 g/mol. The highest BCUT2D eigenvalue weighted by atomic mass is 35.5. The normalized spacial score (nSPS) is 15.0. The largest absolute Gasteiger partial charge is 0.508 e. The van der Waals surface area contributed by atoms with Crippen molar-refractivity contribution in [3.63, 3.8) is 0 Å². The first-order valence-corrected chi connectivity index (χ1v) is 6.60. The Kier molecular flexibility index (Phi) is 6.78. The highest BCUT2D eigenvalue weighted by Gasteiger charge is 2.17. The number of nitrogens with zero attached hydrogens (tertiary/aromatic N) is 2. The minimum absolute atomic E-state index is 0. The van der Waals surface area contributed by atoms with Crippen LogP contribution >= 0.6 is 12.4 Å². The van der Waals surface area contributed by atoms with Crippen LogP contribution in [0.4, 0.5) is 0 Å². The van der Waals surface area contributed by atoms with E-state index in [2.05, 4.69) is 5.32 Å². The first-order chi connectivity index (χ1) is 9.15. The predicted octanol–water partition coefficient (Wildman–Crippen LogP) is 0.678. The molecule has 2 rings (SSSR count). The smallest absolute Gasteiger partial charge is 0.236 e. The van der Waals surface area contributed by atoms with Crippen LogP contribution < -0.4 is 5.32 Å². The van der Waals surface area contributed by atoms with Crippen molar-refractivity contribution in [1.29, 1.82) is 0 Å². The summed E-state index contributed by atoms with van der Waals surface area (Å²) in [7, 11) is 1.92. The number of benzene rings is 1. The SMILES string of the molecule is CN(CC(=O)N1CCNCC1)Cc1cccc(O)c1.Cl. The molecule has 0 unspecified atom stereocenters. The quantitative estimate of drug-likeness (QED) is 0.858. The highest BCUT2D eigenvalue weighted by Crippen LogP contribution is 2.12. The summed E-state index contributed by atoms with van der Waals surface area (Å²) in [5, 5.41) is 12.6. The summed E-state index contributed by atoms with van der Waals surface area (Å²) >= 11 is 0. The van der Waals surface area contributed by atoms with Gasteiger partial charge in [-0.1, -0.05) is 12.1 Å². The lowest BCUT2D eigenvalue weighted by Crippen LogP contribution is -2.49. The van der Waals surface area contributed by atoms with E-state index in [1.54, 1.807) is 12.1 Å². The molecule has 0 saturated carbocycles. The van der Waals surface area contributed by atoms with Crippen LogP contribution in [0.15, 0.2) is 24.3 Å². The molecule has 6 heteroatoms. The second-order valence-electron chi connectivity index (χ2n) is 4.97. The Hall–Kier alpha value is -1.30. The van der Waals surface area contributed by atoms with E-state index in [4.69, 9.17) is 0 Å². The molecule has 1 fully saturated rings. The topological polar surface area (TPSA) is 55.8 Å². The number of halogens is 1. The van der Waals surface area contributed by atoms with Gasteiger partial charge in [-0.2, -0.15) is 0 Å². The van der Waals surface area contributed by atoms with Gasteiger partial charge in [0.1, 0.15) is 5.75 Å². The third-order valence-corrected chi connectivity index (χ3v) is 3.24. The lowest BCUT2D eigenvalue weighted by atomic mass is 10.2. The molecule has 1 saturated heterocycles. The number of aromatic hydroxyl groups is 1. The summed E-state index contributed by atoms with van der Waals surface area (Å²) in [6.45, 7) is 4.41. The van der Waals surface area contributed by atoms with Crippen LogP contribution in [0.25, 0.3) is 0 Å². The fourth-order valence-corrected chi connectivity index (χ4v) is 2.27. The summed E-state index contributed by atoms with van der Waals surface area (Å²) in [6.07, 6.45) is 0. The van der Waals surface area contributed by atoms with E-state index < -0.39 is 0 Å². The van der Waals surface area contributed by atoms with Crippen LogP contribution in [0, 0.1) is 0 Å². The van der Waals surface area contributed by atoms with Gasteiger partial charge in [0.2, 0.25) is 5.91 Å². The number of rotatable bonds is 4. The Morgan fingerprint density at radius 3 is 2.75 bits per heavy atom. The second-order valence-corrected chi connectivity index (χ2v) is 4.97. The molecule has 1 amide bonds. The Balaban J connectivity index is 0.00000200. The molecule has 112 valence electrons. The fourth-order valence-electron chi connectivity index (χ4n) is 2.27. The highest BCUT2D eigenvalue weighted by molar-refractivity contribution is 5.85. The number of phenolic OH excluding ortho intramolecular Hbond substituents is 1. The zero-order valence-corrected chi connectivity index (χ0v) is 12.5. The molecule has 20 heavy (non-hydrogen) atoms. The number of piperazine rings is 1. The molecule has 5 nitrogen and oxygen atoms in total. The van der Waals surface area contributed by atoms with Gasteiger partial charge in [-0.05, 0) is 24.7 Å². The van der Waals surface area contributed by atoms with Gasteiger partial charge in [-0.3, -0.25) is 9.69 Å². The van der Waals surface area contributed by atoms with Gasteiger partial charge in [-0.25, -0.2) is 0 Å². The zero-order chi connectivity index (χ0) is 13.7. The molecule has 0 bridgehead atoms. The Morgan fingerprint density at radius 1 is 1.40 bits per heavy atom. The molecule has 1 aliphatic rings. The number of likely N-dealkylation sites (N-methyl/N-ethyl adjacent to an activating group) is 1. The van der Waals surface area contributed by atoms with Gasteiger partial charge in [0, 0.05) is 32.7 Å². The zero-order valence-electron chi connectivity index (χ0n) is 11.7. The third-order valence-electron chi connectivity index (χ3n) is 3.24. The van der Waals surface area contributed by atoms with E-state index in [1.807, 2.05) is 29.0 Å². The molecule has 1 aliphatic heterocycles. The van der Waals surface area contributed by atoms with Crippen LogP contribution in [-0.2, 0) is 11.3 Å². The van der Waals surface area contributed by atoms with Crippen LogP contribution in [0.5, 0.6) is 5.75 Å². The number of phenols is 1. The lowest BCUT2D eigenvalue weighted by Gasteiger charge is -2.29. The fraction of sp³-hybridized carbons (Fsp3) is 0.500. The van der Waals surface area contributed by atoms with Crippen molar-refractivity contribution in [2.45, 2.75) is 6.54 Å². The van der Waals surface area contributed by atoms with Gasteiger partial charge >= 0.3 is 0 Å².